The number of carbonyl (C=O) groups is 2. The Morgan fingerprint density at radius 3 is 2.61 bits per heavy atom. The number of rotatable bonds is 5. The van der Waals surface area contributed by atoms with E-state index < -0.39 is 0 Å². The molecule has 94 valence electrons. The second-order valence-electron chi connectivity index (χ2n) is 3.92. The zero-order valence-corrected chi connectivity index (χ0v) is 10.2. The smallest absolute Gasteiger partial charge is 0.209 e. The standard InChI is InChI=1S/C14H15NO3/c1-2-18-8-7-15-12-9-13(16)10-5-3-4-6-11(10)14(12)17/h3-6,9,15H,2,7-8H2,1H3. The van der Waals surface area contributed by atoms with Crippen LogP contribution in [0.1, 0.15) is 27.6 Å². The van der Waals surface area contributed by atoms with E-state index in [1.165, 1.54) is 6.08 Å². The first-order chi connectivity index (χ1) is 8.74. The highest BCUT2D eigenvalue weighted by molar-refractivity contribution is 6.24. The van der Waals surface area contributed by atoms with Gasteiger partial charge in [-0.2, -0.15) is 0 Å². The van der Waals surface area contributed by atoms with E-state index in [0.29, 0.717) is 36.6 Å². The minimum atomic E-state index is -0.137. The molecule has 0 bridgehead atoms. The van der Waals surface area contributed by atoms with Gasteiger partial charge in [-0.3, -0.25) is 9.59 Å². The van der Waals surface area contributed by atoms with Crippen LogP contribution in [-0.4, -0.2) is 31.3 Å². The summed E-state index contributed by atoms with van der Waals surface area (Å²) in [4.78, 5) is 23.9. The van der Waals surface area contributed by atoms with Crippen molar-refractivity contribution in [2.24, 2.45) is 0 Å². The lowest BCUT2D eigenvalue weighted by Crippen LogP contribution is -2.29. The van der Waals surface area contributed by atoms with Crippen molar-refractivity contribution in [1.29, 1.82) is 0 Å². The predicted molar refractivity (Wildman–Crippen MR) is 67.7 cm³/mol. The fraction of sp³-hybridized carbons (Fsp3) is 0.286. The summed E-state index contributed by atoms with van der Waals surface area (Å²) in [5.41, 5.74) is 1.28. The number of Topliss-reactive ketones (excluding diaryl/α,β-unsaturated/α-hetero) is 1. The molecule has 18 heavy (non-hydrogen) atoms. The van der Waals surface area contributed by atoms with Gasteiger partial charge < -0.3 is 10.1 Å². The van der Waals surface area contributed by atoms with Crippen LogP contribution in [0, 0.1) is 0 Å². The summed E-state index contributed by atoms with van der Waals surface area (Å²) in [6, 6.07) is 6.86. The molecule has 1 aliphatic rings. The van der Waals surface area contributed by atoms with Crippen molar-refractivity contribution in [1.82, 2.24) is 5.32 Å². The van der Waals surface area contributed by atoms with Crippen LogP contribution in [0.3, 0.4) is 0 Å². The molecule has 1 N–H and O–H groups in total. The van der Waals surface area contributed by atoms with Crippen molar-refractivity contribution in [3.8, 4) is 0 Å². The second kappa shape index (κ2) is 5.60. The Kier molecular flexibility index (Phi) is 3.89. The maximum atomic E-state index is 12.1. The highest BCUT2D eigenvalue weighted by Gasteiger charge is 2.24. The molecule has 4 heteroatoms. The molecule has 0 unspecified atom stereocenters. The van der Waals surface area contributed by atoms with Gasteiger partial charge in [0.25, 0.3) is 0 Å². The first kappa shape index (κ1) is 12.5. The lowest BCUT2D eigenvalue weighted by Gasteiger charge is -2.16. The van der Waals surface area contributed by atoms with E-state index in [4.69, 9.17) is 4.74 Å². The summed E-state index contributed by atoms with van der Waals surface area (Å²) in [6.07, 6.45) is 1.36. The quantitative estimate of drug-likeness (QED) is 0.800. The normalized spacial score (nSPS) is 14.2. The third-order valence-corrected chi connectivity index (χ3v) is 2.72. The Bertz CT molecular complexity index is 506. The van der Waals surface area contributed by atoms with Crippen molar-refractivity contribution >= 4 is 11.6 Å². The number of ether oxygens (including phenoxy) is 1. The van der Waals surface area contributed by atoms with E-state index in [0.717, 1.165) is 0 Å². The van der Waals surface area contributed by atoms with E-state index in [1.54, 1.807) is 24.3 Å². The van der Waals surface area contributed by atoms with Crippen molar-refractivity contribution in [3.05, 3.63) is 47.2 Å². The summed E-state index contributed by atoms with van der Waals surface area (Å²) in [6.45, 7) is 3.57. The molecule has 0 aromatic heterocycles. The van der Waals surface area contributed by atoms with Gasteiger partial charge >= 0.3 is 0 Å². The Hall–Kier alpha value is -1.94. The molecule has 1 aliphatic carbocycles. The number of carbonyl (C=O) groups excluding carboxylic acids is 2. The molecule has 4 nitrogen and oxygen atoms in total. The van der Waals surface area contributed by atoms with Gasteiger partial charge in [-0.1, -0.05) is 24.3 Å². The lowest BCUT2D eigenvalue weighted by molar-refractivity contribution is 0.0974. The molecular formula is C14H15NO3. The third-order valence-electron chi connectivity index (χ3n) is 2.72. The fourth-order valence-electron chi connectivity index (χ4n) is 1.85. The number of fused-ring (bicyclic) bond motifs is 1. The molecule has 0 heterocycles. The summed E-state index contributed by atoms with van der Waals surface area (Å²) in [7, 11) is 0. The molecule has 0 fully saturated rings. The van der Waals surface area contributed by atoms with Crippen LogP contribution in [0.5, 0.6) is 0 Å². The highest BCUT2D eigenvalue weighted by Crippen LogP contribution is 2.19. The van der Waals surface area contributed by atoms with Gasteiger partial charge in [0, 0.05) is 30.4 Å². The van der Waals surface area contributed by atoms with Crippen LogP contribution in [0.4, 0.5) is 0 Å². The molecule has 1 aromatic rings. The second-order valence-corrected chi connectivity index (χ2v) is 3.92. The topological polar surface area (TPSA) is 55.4 Å². The summed E-state index contributed by atoms with van der Waals surface area (Å²) >= 11 is 0. The lowest BCUT2D eigenvalue weighted by atomic mass is 9.93. The van der Waals surface area contributed by atoms with E-state index in [9.17, 15) is 9.59 Å². The Morgan fingerprint density at radius 2 is 1.89 bits per heavy atom. The van der Waals surface area contributed by atoms with Crippen molar-refractivity contribution in [2.45, 2.75) is 6.92 Å². The maximum Gasteiger partial charge on any atom is 0.209 e. The zero-order chi connectivity index (χ0) is 13.0. The maximum absolute atomic E-state index is 12.1. The van der Waals surface area contributed by atoms with E-state index >= 15 is 0 Å². The van der Waals surface area contributed by atoms with Crippen LogP contribution < -0.4 is 5.32 Å². The van der Waals surface area contributed by atoms with Crippen molar-refractivity contribution in [2.75, 3.05) is 19.8 Å². The van der Waals surface area contributed by atoms with Crippen LogP contribution >= 0.6 is 0 Å². The van der Waals surface area contributed by atoms with Gasteiger partial charge in [0.1, 0.15) is 0 Å². The number of nitrogens with one attached hydrogen (secondary N) is 1. The fourth-order valence-corrected chi connectivity index (χ4v) is 1.85. The van der Waals surface area contributed by atoms with Crippen LogP contribution in [-0.2, 0) is 4.74 Å². The molecule has 1 aromatic carbocycles. The van der Waals surface area contributed by atoms with Crippen molar-refractivity contribution in [3.63, 3.8) is 0 Å². The van der Waals surface area contributed by atoms with E-state index in [-0.39, 0.29) is 11.6 Å². The largest absolute Gasteiger partial charge is 0.380 e. The minimum Gasteiger partial charge on any atom is -0.380 e. The van der Waals surface area contributed by atoms with Gasteiger partial charge in [-0.15, -0.1) is 0 Å². The Morgan fingerprint density at radius 1 is 1.17 bits per heavy atom. The first-order valence-electron chi connectivity index (χ1n) is 5.95. The molecular weight excluding hydrogens is 230 g/mol. The van der Waals surface area contributed by atoms with Gasteiger partial charge in [0.15, 0.2) is 5.78 Å². The first-order valence-corrected chi connectivity index (χ1v) is 5.95. The average Bonchev–Trinajstić information content (AvgIpc) is 2.40. The molecule has 0 atom stereocenters. The average molecular weight is 245 g/mol. The molecule has 0 aliphatic heterocycles. The van der Waals surface area contributed by atoms with Crippen LogP contribution in [0.15, 0.2) is 36.0 Å². The molecule has 0 radical (unpaired) electrons. The molecule has 0 amide bonds. The third kappa shape index (κ3) is 2.49. The molecule has 0 saturated heterocycles. The SMILES string of the molecule is CCOCCNC1=CC(=O)c2ccccc2C1=O. The van der Waals surface area contributed by atoms with Gasteiger partial charge in [-0.25, -0.2) is 0 Å². The number of ketones is 2. The molecule has 2 rings (SSSR count). The Balaban J connectivity index is 2.11. The number of allylic oxidation sites excluding steroid dienone is 2. The monoisotopic (exact) mass is 245 g/mol. The summed E-state index contributed by atoms with van der Waals surface area (Å²) in [5.74, 6) is -0.272. The number of hydrogen-bond acceptors (Lipinski definition) is 4. The zero-order valence-electron chi connectivity index (χ0n) is 10.2. The highest BCUT2D eigenvalue weighted by atomic mass is 16.5. The van der Waals surface area contributed by atoms with E-state index in [1.807, 2.05) is 6.92 Å². The summed E-state index contributed by atoms with van der Waals surface area (Å²) in [5, 5.41) is 2.94. The van der Waals surface area contributed by atoms with Crippen molar-refractivity contribution < 1.29 is 14.3 Å². The number of hydrogen-bond donors (Lipinski definition) is 1. The van der Waals surface area contributed by atoms with E-state index in [2.05, 4.69) is 5.32 Å². The minimum absolute atomic E-state index is 0.135. The molecule has 0 spiro atoms. The van der Waals surface area contributed by atoms with Gasteiger partial charge in [0.05, 0.1) is 12.3 Å². The van der Waals surface area contributed by atoms with Crippen LogP contribution in [0.25, 0.3) is 0 Å². The van der Waals surface area contributed by atoms with Gasteiger partial charge in [-0.05, 0) is 6.92 Å². The summed E-state index contributed by atoms with van der Waals surface area (Å²) < 4.78 is 5.17. The van der Waals surface area contributed by atoms with Crippen LogP contribution in [0.2, 0.25) is 0 Å². The number of benzene rings is 1. The molecule has 0 saturated carbocycles. The van der Waals surface area contributed by atoms with Gasteiger partial charge in [0.2, 0.25) is 5.78 Å². The predicted octanol–water partition coefficient (Wildman–Crippen LogP) is 1.58. The Labute approximate surface area is 106 Å².